The lowest BCUT2D eigenvalue weighted by atomic mass is 9.98. The molecule has 0 aliphatic carbocycles. The van der Waals surface area contributed by atoms with Crippen LogP contribution in [-0.2, 0) is 4.79 Å². The number of urea groups is 1. The number of hydrogen-bond donors (Lipinski definition) is 2. The fraction of sp³-hybridized carbons (Fsp3) is 0.263. The molecular formula is C19H22N3O3+. The average Bonchev–Trinajstić information content (AvgIpc) is 3.09. The molecule has 0 saturated carbocycles. The zero-order chi connectivity index (χ0) is 17.6. The molecule has 3 amide bonds. The minimum absolute atomic E-state index is 0.0262. The second-order valence-electron chi connectivity index (χ2n) is 5.88. The van der Waals surface area contributed by atoms with Gasteiger partial charge in [0.1, 0.15) is 11.8 Å². The van der Waals surface area contributed by atoms with E-state index in [-0.39, 0.29) is 24.5 Å². The SMILES string of the molecule is COc1ccc([C@@H]([NH2+]CC(=O)N2CCNC2=O)c2ccccc2)cc1. The van der Waals surface area contributed by atoms with Gasteiger partial charge in [0.15, 0.2) is 6.54 Å². The summed E-state index contributed by atoms with van der Waals surface area (Å²) in [6.45, 7) is 1.16. The van der Waals surface area contributed by atoms with Crippen molar-refractivity contribution in [3.8, 4) is 5.75 Å². The van der Waals surface area contributed by atoms with Crippen LogP contribution in [0.2, 0.25) is 0 Å². The standard InChI is InChI=1S/C19H21N3O3/c1-25-16-9-7-15(8-10-16)18(14-5-3-2-4-6-14)21-13-17(23)22-12-11-20-19(22)24/h2-10,18,21H,11-13H2,1H3,(H,20,24)/p+1/t18-/m0/s1. The summed E-state index contributed by atoms with van der Waals surface area (Å²) in [5.74, 6) is 0.616. The van der Waals surface area contributed by atoms with Crippen LogP contribution in [0.15, 0.2) is 54.6 Å². The van der Waals surface area contributed by atoms with E-state index in [4.69, 9.17) is 4.74 Å². The molecule has 130 valence electrons. The molecule has 1 atom stereocenters. The molecule has 2 aromatic carbocycles. The quantitative estimate of drug-likeness (QED) is 0.820. The van der Waals surface area contributed by atoms with Crippen molar-refractivity contribution in [1.82, 2.24) is 10.2 Å². The van der Waals surface area contributed by atoms with Crippen molar-refractivity contribution in [2.24, 2.45) is 0 Å². The van der Waals surface area contributed by atoms with Gasteiger partial charge >= 0.3 is 6.03 Å². The number of carbonyl (C=O) groups excluding carboxylic acids is 2. The van der Waals surface area contributed by atoms with Gasteiger partial charge in [-0.15, -0.1) is 0 Å². The van der Waals surface area contributed by atoms with Gasteiger partial charge in [0.25, 0.3) is 5.91 Å². The maximum atomic E-state index is 12.3. The number of nitrogens with one attached hydrogen (secondary N) is 1. The topological polar surface area (TPSA) is 75.2 Å². The molecule has 3 N–H and O–H groups in total. The van der Waals surface area contributed by atoms with Gasteiger partial charge in [0.05, 0.1) is 7.11 Å². The van der Waals surface area contributed by atoms with Crippen molar-refractivity contribution in [3.05, 3.63) is 65.7 Å². The molecule has 3 rings (SSSR count). The van der Waals surface area contributed by atoms with E-state index < -0.39 is 0 Å². The van der Waals surface area contributed by atoms with Crippen molar-refractivity contribution in [2.75, 3.05) is 26.7 Å². The highest BCUT2D eigenvalue weighted by atomic mass is 16.5. The van der Waals surface area contributed by atoms with Crippen LogP contribution < -0.4 is 15.4 Å². The van der Waals surface area contributed by atoms with Gasteiger partial charge in [-0.1, -0.05) is 30.3 Å². The number of imide groups is 1. The number of methoxy groups -OCH3 is 1. The van der Waals surface area contributed by atoms with Gasteiger partial charge in [0.2, 0.25) is 0 Å². The molecule has 1 heterocycles. The predicted octanol–water partition coefficient (Wildman–Crippen LogP) is 0.900. The summed E-state index contributed by atoms with van der Waals surface area (Å²) in [6.07, 6.45) is 0. The third kappa shape index (κ3) is 3.97. The molecule has 0 aromatic heterocycles. The van der Waals surface area contributed by atoms with Crippen molar-refractivity contribution in [3.63, 3.8) is 0 Å². The largest absolute Gasteiger partial charge is 0.497 e. The van der Waals surface area contributed by atoms with Crippen LogP contribution in [-0.4, -0.2) is 43.6 Å². The van der Waals surface area contributed by atoms with Crippen molar-refractivity contribution >= 4 is 11.9 Å². The van der Waals surface area contributed by atoms with Gasteiger partial charge in [-0.3, -0.25) is 9.69 Å². The van der Waals surface area contributed by atoms with Crippen LogP contribution in [0, 0.1) is 0 Å². The Bertz CT molecular complexity index is 731. The molecule has 1 aliphatic heterocycles. The molecule has 6 nitrogen and oxygen atoms in total. The molecular weight excluding hydrogens is 318 g/mol. The van der Waals surface area contributed by atoms with E-state index in [0.717, 1.165) is 16.9 Å². The number of hydrogen-bond acceptors (Lipinski definition) is 3. The predicted molar refractivity (Wildman–Crippen MR) is 93.2 cm³/mol. The minimum atomic E-state index is -0.306. The zero-order valence-electron chi connectivity index (χ0n) is 14.1. The van der Waals surface area contributed by atoms with Gasteiger partial charge in [-0.2, -0.15) is 0 Å². The maximum Gasteiger partial charge on any atom is 0.324 e. The van der Waals surface area contributed by atoms with E-state index in [1.165, 1.54) is 4.90 Å². The van der Waals surface area contributed by atoms with Gasteiger partial charge < -0.3 is 15.4 Å². The van der Waals surface area contributed by atoms with Crippen molar-refractivity contribution < 1.29 is 19.6 Å². The molecule has 0 unspecified atom stereocenters. The highest BCUT2D eigenvalue weighted by Crippen LogP contribution is 2.21. The van der Waals surface area contributed by atoms with Crippen LogP contribution in [0.4, 0.5) is 4.79 Å². The van der Waals surface area contributed by atoms with Gasteiger partial charge in [-0.05, 0) is 24.3 Å². The van der Waals surface area contributed by atoms with Crippen LogP contribution >= 0.6 is 0 Å². The van der Waals surface area contributed by atoms with E-state index in [2.05, 4.69) is 5.32 Å². The molecule has 0 bridgehead atoms. The lowest BCUT2D eigenvalue weighted by Crippen LogP contribution is -2.87. The Kier molecular flexibility index (Phi) is 5.30. The first-order chi connectivity index (χ1) is 12.2. The first kappa shape index (κ1) is 17.0. The maximum absolute atomic E-state index is 12.3. The van der Waals surface area contributed by atoms with Crippen LogP contribution in [0.25, 0.3) is 0 Å². The first-order valence-electron chi connectivity index (χ1n) is 8.29. The van der Waals surface area contributed by atoms with Crippen LogP contribution in [0.1, 0.15) is 17.2 Å². The number of benzene rings is 2. The summed E-state index contributed by atoms with van der Waals surface area (Å²) in [4.78, 5) is 25.2. The van der Waals surface area contributed by atoms with E-state index in [1.54, 1.807) is 7.11 Å². The molecule has 6 heteroatoms. The Hall–Kier alpha value is -2.86. The molecule has 0 radical (unpaired) electrons. The summed E-state index contributed by atoms with van der Waals surface area (Å²) < 4.78 is 5.22. The highest BCUT2D eigenvalue weighted by Gasteiger charge is 2.28. The lowest BCUT2D eigenvalue weighted by Gasteiger charge is -2.18. The smallest absolute Gasteiger partial charge is 0.324 e. The number of amides is 3. The van der Waals surface area contributed by atoms with E-state index in [0.29, 0.717) is 13.1 Å². The normalized spacial score (nSPS) is 14.9. The third-order valence-corrected chi connectivity index (χ3v) is 4.32. The van der Waals surface area contributed by atoms with E-state index in [1.807, 2.05) is 59.9 Å². The van der Waals surface area contributed by atoms with Crippen molar-refractivity contribution in [1.29, 1.82) is 0 Å². The third-order valence-electron chi connectivity index (χ3n) is 4.32. The Balaban J connectivity index is 1.77. The van der Waals surface area contributed by atoms with Crippen LogP contribution in [0.3, 0.4) is 0 Å². The minimum Gasteiger partial charge on any atom is -0.497 e. The number of nitrogens with two attached hydrogens (primary N) is 1. The van der Waals surface area contributed by atoms with E-state index >= 15 is 0 Å². The molecule has 2 aromatic rings. The summed E-state index contributed by atoms with van der Waals surface area (Å²) in [7, 11) is 1.63. The fourth-order valence-corrected chi connectivity index (χ4v) is 2.97. The monoisotopic (exact) mass is 340 g/mol. The number of nitrogens with zero attached hydrogens (tertiary/aromatic N) is 1. The number of ether oxygens (including phenoxy) is 1. The Labute approximate surface area is 146 Å². The Morgan fingerprint density at radius 3 is 2.44 bits per heavy atom. The highest BCUT2D eigenvalue weighted by molar-refractivity contribution is 5.96. The number of carbonyl (C=O) groups is 2. The molecule has 1 aliphatic rings. The van der Waals surface area contributed by atoms with E-state index in [9.17, 15) is 9.59 Å². The molecule has 25 heavy (non-hydrogen) atoms. The summed E-state index contributed by atoms with van der Waals surface area (Å²) in [5, 5.41) is 4.62. The average molecular weight is 340 g/mol. The second kappa shape index (κ2) is 7.81. The second-order valence-corrected chi connectivity index (χ2v) is 5.88. The van der Waals surface area contributed by atoms with Gasteiger partial charge in [0, 0.05) is 24.2 Å². The fourth-order valence-electron chi connectivity index (χ4n) is 2.97. The van der Waals surface area contributed by atoms with Gasteiger partial charge in [-0.25, -0.2) is 4.79 Å². The Morgan fingerprint density at radius 1 is 1.16 bits per heavy atom. The first-order valence-corrected chi connectivity index (χ1v) is 8.29. The summed E-state index contributed by atoms with van der Waals surface area (Å²) in [6, 6.07) is 17.5. The molecule has 0 spiro atoms. The molecule has 1 saturated heterocycles. The lowest BCUT2D eigenvalue weighted by molar-refractivity contribution is -0.677. The summed E-state index contributed by atoms with van der Waals surface area (Å²) >= 11 is 0. The Morgan fingerprint density at radius 2 is 1.84 bits per heavy atom. The number of rotatable bonds is 6. The number of quaternary nitrogens is 1. The summed E-state index contributed by atoms with van der Waals surface area (Å²) in [5.41, 5.74) is 2.18. The zero-order valence-corrected chi connectivity index (χ0v) is 14.1. The molecule has 1 fully saturated rings. The van der Waals surface area contributed by atoms with Crippen molar-refractivity contribution in [2.45, 2.75) is 6.04 Å². The van der Waals surface area contributed by atoms with Crippen LogP contribution in [0.5, 0.6) is 5.75 Å².